The Labute approximate surface area is 173 Å². The third-order valence-electron chi connectivity index (χ3n) is 5.27. The molecule has 0 aromatic heterocycles. The fourth-order valence-electron chi connectivity index (χ4n) is 3.51. The van der Waals surface area contributed by atoms with Crippen molar-refractivity contribution in [2.24, 2.45) is 0 Å². The first-order valence-electron chi connectivity index (χ1n) is 9.53. The lowest BCUT2D eigenvalue weighted by molar-refractivity contribution is -0.133. The van der Waals surface area contributed by atoms with Crippen molar-refractivity contribution in [2.45, 2.75) is 39.2 Å². The second kappa shape index (κ2) is 7.85. The van der Waals surface area contributed by atoms with Crippen LogP contribution in [0.3, 0.4) is 0 Å². The van der Waals surface area contributed by atoms with E-state index in [9.17, 15) is 23.2 Å². The molecule has 1 unspecified atom stereocenters. The zero-order valence-corrected chi connectivity index (χ0v) is 17.2. The molecule has 3 rings (SSSR count). The Bertz CT molecular complexity index is 1040. The number of carbonyl (C=O) groups excluding carboxylic acids is 3. The molecule has 0 aliphatic carbocycles. The lowest BCUT2D eigenvalue weighted by atomic mass is 9.92. The summed E-state index contributed by atoms with van der Waals surface area (Å²) in [4.78, 5) is 38.7. The van der Waals surface area contributed by atoms with Crippen LogP contribution in [0.5, 0.6) is 0 Å². The van der Waals surface area contributed by atoms with Crippen molar-refractivity contribution >= 4 is 23.5 Å². The maximum atomic E-state index is 13.6. The van der Waals surface area contributed by atoms with Crippen LogP contribution in [0.1, 0.15) is 43.4 Å². The number of imide groups is 1. The number of anilines is 1. The number of urea groups is 1. The van der Waals surface area contributed by atoms with Crippen molar-refractivity contribution in [3.05, 3.63) is 64.7 Å². The monoisotopic (exact) mass is 415 g/mol. The van der Waals surface area contributed by atoms with Gasteiger partial charge in [-0.3, -0.25) is 14.5 Å². The standard InChI is InChI=1S/C22H23F2N3O3/c1-12(2)15-7-5-6-13(3)19(15)25-18(28)11-27-20(29)22(4,26-21(27)30)14-8-9-16(23)17(24)10-14/h5-10,12H,11H2,1-4H3,(H,25,28)(H,26,30). The van der Waals surface area contributed by atoms with Crippen molar-refractivity contribution < 1.29 is 23.2 Å². The molecule has 1 aliphatic heterocycles. The van der Waals surface area contributed by atoms with Crippen LogP contribution in [0.25, 0.3) is 0 Å². The molecule has 1 aliphatic rings. The highest BCUT2D eigenvalue weighted by Gasteiger charge is 2.49. The third-order valence-corrected chi connectivity index (χ3v) is 5.27. The summed E-state index contributed by atoms with van der Waals surface area (Å²) in [5, 5.41) is 5.26. The molecule has 2 aromatic rings. The largest absolute Gasteiger partial charge is 0.325 e. The summed E-state index contributed by atoms with van der Waals surface area (Å²) in [7, 11) is 0. The highest BCUT2D eigenvalue weighted by atomic mass is 19.2. The van der Waals surface area contributed by atoms with E-state index in [1.165, 1.54) is 13.0 Å². The lowest BCUT2D eigenvalue weighted by Gasteiger charge is -2.22. The highest BCUT2D eigenvalue weighted by molar-refractivity contribution is 6.10. The van der Waals surface area contributed by atoms with Crippen molar-refractivity contribution in [1.29, 1.82) is 0 Å². The van der Waals surface area contributed by atoms with Crippen molar-refractivity contribution in [1.82, 2.24) is 10.2 Å². The van der Waals surface area contributed by atoms with Gasteiger partial charge in [-0.2, -0.15) is 0 Å². The lowest BCUT2D eigenvalue weighted by Crippen LogP contribution is -2.42. The Kier molecular flexibility index (Phi) is 5.61. The fourth-order valence-corrected chi connectivity index (χ4v) is 3.51. The van der Waals surface area contributed by atoms with Gasteiger partial charge in [0.25, 0.3) is 5.91 Å². The summed E-state index contributed by atoms with van der Waals surface area (Å²) in [6, 6.07) is 7.84. The van der Waals surface area contributed by atoms with E-state index in [0.717, 1.165) is 28.2 Å². The van der Waals surface area contributed by atoms with Crippen LogP contribution >= 0.6 is 0 Å². The number of nitrogens with one attached hydrogen (secondary N) is 2. The molecule has 0 bridgehead atoms. The first-order valence-corrected chi connectivity index (χ1v) is 9.53. The molecule has 158 valence electrons. The van der Waals surface area contributed by atoms with Gasteiger partial charge in [0, 0.05) is 5.69 Å². The van der Waals surface area contributed by atoms with Crippen molar-refractivity contribution in [3.63, 3.8) is 0 Å². The van der Waals surface area contributed by atoms with Gasteiger partial charge >= 0.3 is 6.03 Å². The number of hydrogen-bond acceptors (Lipinski definition) is 3. The number of hydrogen-bond donors (Lipinski definition) is 2. The van der Waals surface area contributed by atoms with Gasteiger partial charge in [-0.05, 0) is 48.6 Å². The number of rotatable bonds is 5. The fraction of sp³-hybridized carbons (Fsp3) is 0.318. The highest BCUT2D eigenvalue weighted by Crippen LogP contribution is 2.30. The Morgan fingerprint density at radius 3 is 2.50 bits per heavy atom. The quantitative estimate of drug-likeness (QED) is 0.729. The second-order valence-corrected chi connectivity index (χ2v) is 7.82. The van der Waals surface area contributed by atoms with E-state index in [2.05, 4.69) is 10.6 Å². The molecule has 1 saturated heterocycles. The topological polar surface area (TPSA) is 78.5 Å². The van der Waals surface area contributed by atoms with Crippen molar-refractivity contribution in [2.75, 3.05) is 11.9 Å². The summed E-state index contributed by atoms with van der Waals surface area (Å²) in [6.07, 6.45) is 0. The Balaban J connectivity index is 1.81. The number of carbonyl (C=O) groups is 3. The number of benzene rings is 2. The van der Waals surface area contributed by atoms with Gasteiger partial charge in [0.2, 0.25) is 5.91 Å². The summed E-state index contributed by atoms with van der Waals surface area (Å²) in [6.45, 7) is 6.73. The first kappa shape index (κ1) is 21.4. The van der Waals surface area contributed by atoms with Gasteiger partial charge in [0.05, 0.1) is 0 Å². The molecule has 1 atom stereocenters. The van der Waals surface area contributed by atoms with E-state index in [1.54, 1.807) is 0 Å². The normalized spacial score (nSPS) is 18.7. The number of nitrogens with zero attached hydrogens (tertiary/aromatic N) is 1. The van der Waals surface area contributed by atoms with Gasteiger partial charge in [-0.15, -0.1) is 0 Å². The van der Waals surface area contributed by atoms with E-state index in [-0.39, 0.29) is 11.5 Å². The molecule has 0 spiro atoms. The minimum Gasteiger partial charge on any atom is -0.324 e. The molecule has 30 heavy (non-hydrogen) atoms. The smallest absolute Gasteiger partial charge is 0.324 e. The molecular weight excluding hydrogens is 392 g/mol. The maximum Gasteiger partial charge on any atom is 0.325 e. The second-order valence-electron chi connectivity index (χ2n) is 7.82. The van der Waals surface area contributed by atoms with Crippen LogP contribution in [0.2, 0.25) is 0 Å². The van der Waals surface area contributed by atoms with E-state index < -0.39 is 41.6 Å². The number of aryl methyl sites for hydroxylation is 1. The van der Waals surface area contributed by atoms with E-state index in [0.29, 0.717) is 5.69 Å². The van der Waals surface area contributed by atoms with Crippen LogP contribution in [0, 0.1) is 18.6 Å². The minimum atomic E-state index is -1.60. The number of para-hydroxylation sites is 1. The summed E-state index contributed by atoms with van der Waals surface area (Å²) >= 11 is 0. The van der Waals surface area contributed by atoms with Gasteiger partial charge in [-0.1, -0.05) is 38.1 Å². The van der Waals surface area contributed by atoms with Crippen molar-refractivity contribution in [3.8, 4) is 0 Å². The molecule has 6 nitrogen and oxygen atoms in total. The third kappa shape index (κ3) is 3.77. The van der Waals surface area contributed by atoms with E-state index in [1.807, 2.05) is 39.0 Å². The van der Waals surface area contributed by atoms with Gasteiger partial charge < -0.3 is 10.6 Å². The summed E-state index contributed by atoms with van der Waals surface area (Å²) < 4.78 is 26.9. The van der Waals surface area contributed by atoms with E-state index in [4.69, 9.17) is 0 Å². The number of amides is 4. The van der Waals surface area contributed by atoms with Crippen LogP contribution in [-0.2, 0) is 15.1 Å². The zero-order chi connectivity index (χ0) is 22.2. The number of halogens is 2. The first-order chi connectivity index (χ1) is 14.0. The van der Waals surface area contributed by atoms with Crippen LogP contribution in [0.15, 0.2) is 36.4 Å². The molecule has 1 heterocycles. The minimum absolute atomic E-state index is 0.0867. The molecule has 1 fully saturated rings. The Hall–Kier alpha value is -3.29. The molecule has 2 aromatic carbocycles. The van der Waals surface area contributed by atoms with Gasteiger partial charge in [0.15, 0.2) is 11.6 Å². The molecule has 0 radical (unpaired) electrons. The summed E-state index contributed by atoms with van der Waals surface area (Å²) in [5.41, 5.74) is 0.930. The zero-order valence-electron chi connectivity index (χ0n) is 17.2. The molecule has 0 saturated carbocycles. The summed E-state index contributed by atoms with van der Waals surface area (Å²) in [5.74, 6) is -3.29. The van der Waals surface area contributed by atoms with Crippen LogP contribution in [-0.4, -0.2) is 29.3 Å². The van der Waals surface area contributed by atoms with Gasteiger partial charge in [-0.25, -0.2) is 13.6 Å². The Morgan fingerprint density at radius 2 is 1.87 bits per heavy atom. The van der Waals surface area contributed by atoms with Gasteiger partial charge in [0.1, 0.15) is 12.1 Å². The average Bonchev–Trinajstić information content (AvgIpc) is 2.89. The van der Waals surface area contributed by atoms with Crippen LogP contribution < -0.4 is 10.6 Å². The molecule has 4 amide bonds. The molecular formula is C22H23F2N3O3. The SMILES string of the molecule is Cc1cccc(C(C)C)c1NC(=O)CN1C(=O)NC(C)(c2ccc(F)c(F)c2)C1=O. The average molecular weight is 415 g/mol. The predicted molar refractivity (Wildman–Crippen MR) is 108 cm³/mol. The van der Waals surface area contributed by atoms with Crippen LogP contribution in [0.4, 0.5) is 19.3 Å². The molecule has 2 N–H and O–H groups in total. The molecule has 8 heteroatoms. The maximum absolute atomic E-state index is 13.6. The Morgan fingerprint density at radius 1 is 1.17 bits per heavy atom. The predicted octanol–water partition coefficient (Wildman–Crippen LogP) is 3.80. The van der Waals surface area contributed by atoms with E-state index >= 15 is 0 Å².